The second-order valence-electron chi connectivity index (χ2n) is 4.67. The van der Waals surface area contributed by atoms with E-state index in [0.29, 0.717) is 11.2 Å². The second kappa shape index (κ2) is 5.85. The number of nitrogens with one attached hydrogen (secondary N) is 1. The van der Waals surface area contributed by atoms with E-state index in [2.05, 4.69) is 22.1 Å². The van der Waals surface area contributed by atoms with E-state index in [-0.39, 0.29) is 0 Å². The number of imidazole rings is 1. The Morgan fingerprint density at radius 2 is 2.47 bits per heavy atom. The molecule has 1 aromatic rings. The summed E-state index contributed by atoms with van der Waals surface area (Å²) in [4.78, 5) is 6.89. The molecule has 5 heteroatoms. The number of halogens is 1. The highest BCUT2D eigenvalue weighted by Crippen LogP contribution is 2.15. The molecule has 2 heterocycles. The zero-order valence-corrected chi connectivity index (χ0v) is 11.4. The third-order valence-corrected chi connectivity index (χ3v) is 3.78. The van der Waals surface area contributed by atoms with Crippen molar-refractivity contribution in [1.82, 2.24) is 19.8 Å². The van der Waals surface area contributed by atoms with Gasteiger partial charge in [0.05, 0.1) is 12.7 Å². The molecule has 0 aromatic carbocycles. The van der Waals surface area contributed by atoms with Gasteiger partial charge < -0.3 is 9.88 Å². The van der Waals surface area contributed by atoms with Gasteiger partial charge in [0.1, 0.15) is 11.0 Å². The number of rotatable bonds is 5. The first-order chi connectivity index (χ1) is 8.22. The van der Waals surface area contributed by atoms with E-state index in [9.17, 15) is 0 Å². The Labute approximate surface area is 108 Å². The fraction of sp³-hybridized carbons (Fsp3) is 0.750. The van der Waals surface area contributed by atoms with Gasteiger partial charge in [-0.1, -0.05) is 18.5 Å². The van der Waals surface area contributed by atoms with Crippen molar-refractivity contribution in [3.8, 4) is 0 Å². The quantitative estimate of drug-likeness (QED) is 0.870. The molecule has 0 spiro atoms. The zero-order chi connectivity index (χ0) is 12.3. The molecule has 1 unspecified atom stereocenters. The summed E-state index contributed by atoms with van der Waals surface area (Å²) in [7, 11) is 1.97. The maximum absolute atomic E-state index is 6.02. The molecule has 2 rings (SSSR count). The molecule has 0 aliphatic carbocycles. The number of hydrogen-bond donors (Lipinski definition) is 1. The Kier molecular flexibility index (Phi) is 4.42. The minimum atomic E-state index is 0.644. The van der Waals surface area contributed by atoms with Crippen LogP contribution < -0.4 is 5.32 Å². The Balaban J connectivity index is 2.04. The molecule has 1 aromatic heterocycles. The Hall–Kier alpha value is -0.580. The molecule has 1 saturated heterocycles. The van der Waals surface area contributed by atoms with E-state index < -0.39 is 0 Å². The van der Waals surface area contributed by atoms with Crippen LogP contribution in [-0.4, -0.2) is 40.1 Å². The van der Waals surface area contributed by atoms with E-state index in [0.717, 1.165) is 32.0 Å². The summed E-state index contributed by atoms with van der Waals surface area (Å²) in [5, 5.41) is 4.13. The van der Waals surface area contributed by atoms with Crippen molar-refractivity contribution in [3.63, 3.8) is 0 Å². The first-order valence-corrected chi connectivity index (χ1v) is 6.71. The highest BCUT2D eigenvalue weighted by atomic mass is 35.5. The van der Waals surface area contributed by atoms with Gasteiger partial charge in [0, 0.05) is 19.6 Å². The standard InChI is InChI=1S/C12H21ClN4/c1-3-6-17(10-4-5-14-7-10)9-12-15-8-11(13)16(12)2/h8,10,14H,3-7,9H2,1-2H3. The summed E-state index contributed by atoms with van der Waals surface area (Å²) >= 11 is 6.02. The number of hydrogen-bond acceptors (Lipinski definition) is 3. The van der Waals surface area contributed by atoms with Crippen molar-refractivity contribution >= 4 is 11.6 Å². The average molecular weight is 257 g/mol. The summed E-state index contributed by atoms with van der Waals surface area (Å²) in [6.07, 6.45) is 4.14. The minimum Gasteiger partial charge on any atom is -0.321 e. The van der Waals surface area contributed by atoms with Crippen LogP contribution in [0, 0.1) is 0 Å². The van der Waals surface area contributed by atoms with Crippen LogP contribution in [-0.2, 0) is 13.6 Å². The minimum absolute atomic E-state index is 0.644. The SMILES string of the molecule is CCCN(Cc1ncc(Cl)n1C)C1CCNC1. The average Bonchev–Trinajstić information content (AvgIpc) is 2.93. The largest absolute Gasteiger partial charge is 0.321 e. The molecule has 96 valence electrons. The molecular formula is C12H21ClN4. The fourth-order valence-electron chi connectivity index (χ4n) is 2.38. The molecule has 1 fully saturated rings. The van der Waals surface area contributed by atoms with E-state index in [1.807, 2.05) is 11.6 Å². The van der Waals surface area contributed by atoms with Crippen molar-refractivity contribution in [3.05, 3.63) is 17.2 Å². The van der Waals surface area contributed by atoms with Crippen molar-refractivity contribution in [1.29, 1.82) is 0 Å². The van der Waals surface area contributed by atoms with Crippen molar-refractivity contribution in [2.24, 2.45) is 7.05 Å². The molecular weight excluding hydrogens is 236 g/mol. The van der Waals surface area contributed by atoms with Crippen LogP contribution in [0.3, 0.4) is 0 Å². The second-order valence-corrected chi connectivity index (χ2v) is 5.06. The van der Waals surface area contributed by atoms with Gasteiger partial charge >= 0.3 is 0 Å². The smallest absolute Gasteiger partial charge is 0.128 e. The van der Waals surface area contributed by atoms with Gasteiger partial charge in [-0.25, -0.2) is 4.98 Å². The lowest BCUT2D eigenvalue weighted by atomic mass is 10.2. The summed E-state index contributed by atoms with van der Waals surface area (Å²) in [6, 6.07) is 0.644. The van der Waals surface area contributed by atoms with Gasteiger partial charge in [0.2, 0.25) is 0 Å². The summed E-state index contributed by atoms with van der Waals surface area (Å²) in [5.74, 6) is 1.05. The van der Waals surface area contributed by atoms with Crippen LogP contribution in [0.4, 0.5) is 0 Å². The predicted octanol–water partition coefficient (Wildman–Crippen LogP) is 1.65. The molecule has 1 aliphatic rings. The molecule has 1 atom stereocenters. The van der Waals surface area contributed by atoms with Crippen LogP contribution in [0.5, 0.6) is 0 Å². The van der Waals surface area contributed by atoms with Gasteiger partial charge in [0.15, 0.2) is 0 Å². The molecule has 0 radical (unpaired) electrons. The van der Waals surface area contributed by atoms with Crippen molar-refractivity contribution in [2.75, 3.05) is 19.6 Å². The lowest BCUT2D eigenvalue weighted by Gasteiger charge is -2.27. The monoisotopic (exact) mass is 256 g/mol. The Morgan fingerprint density at radius 3 is 3.00 bits per heavy atom. The fourth-order valence-corrected chi connectivity index (χ4v) is 2.53. The van der Waals surface area contributed by atoms with Gasteiger partial charge in [0.25, 0.3) is 0 Å². The summed E-state index contributed by atoms with van der Waals surface area (Å²) in [5.41, 5.74) is 0. The molecule has 0 amide bonds. The van der Waals surface area contributed by atoms with Gasteiger partial charge in [-0.3, -0.25) is 4.90 Å². The van der Waals surface area contributed by atoms with Gasteiger partial charge in [-0.2, -0.15) is 0 Å². The normalized spacial score (nSPS) is 20.4. The zero-order valence-electron chi connectivity index (χ0n) is 10.6. The van der Waals surface area contributed by atoms with Crippen LogP contribution in [0.25, 0.3) is 0 Å². The molecule has 4 nitrogen and oxygen atoms in total. The lowest BCUT2D eigenvalue weighted by molar-refractivity contribution is 0.193. The maximum atomic E-state index is 6.02. The first kappa shape index (κ1) is 12.9. The van der Waals surface area contributed by atoms with Crippen LogP contribution in [0.15, 0.2) is 6.20 Å². The molecule has 17 heavy (non-hydrogen) atoms. The molecule has 0 bridgehead atoms. The Morgan fingerprint density at radius 1 is 1.65 bits per heavy atom. The first-order valence-electron chi connectivity index (χ1n) is 6.33. The van der Waals surface area contributed by atoms with Gasteiger partial charge in [-0.15, -0.1) is 0 Å². The topological polar surface area (TPSA) is 33.1 Å². The Bertz CT molecular complexity index is 357. The summed E-state index contributed by atoms with van der Waals surface area (Å²) in [6.45, 7) is 6.46. The van der Waals surface area contributed by atoms with Crippen molar-refractivity contribution in [2.45, 2.75) is 32.4 Å². The van der Waals surface area contributed by atoms with Crippen LogP contribution in [0.2, 0.25) is 5.15 Å². The van der Waals surface area contributed by atoms with Crippen LogP contribution in [0.1, 0.15) is 25.6 Å². The maximum Gasteiger partial charge on any atom is 0.128 e. The van der Waals surface area contributed by atoms with E-state index in [1.54, 1.807) is 6.20 Å². The number of nitrogens with zero attached hydrogens (tertiary/aromatic N) is 3. The third-order valence-electron chi connectivity index (χ3n) is 3.43. The molecule has 1 N–H and O–H groups in total. The molecule has 1 aliphatic heterocycles. The molecule has 0 saturated carbocycles. The predicted molar refractivity (Wildman–Crippen MR) is 70.2 cm³/mol. The van der Waals surface area contributed by atoms with Crippen molar-refractivity contribution < 1.29 is 0 Å². The van der Waals surface area contributed by atoms with Gasteiger partial charge in [-0.05, 0) is 25.9 Å². The third kappa shape index (κ3) is 3.00. The van der Waals surface area contributed by atoms with Crippen LogP contribution >= 0.6 is 11.6 Å². The lowest BCUT2D eigenvalue weighted by Crippen LogP contribution is -2.37. The van der Waals surface area contributed by atoms with E-state index in [1.165, 1.54) is 12.8 Å². The number of aromatic nitrogens is 2. The highest BCUT2D eigenvalue weighted by molar-refractivity contribution is 6.29. The summed E-state index contributed by atoms with van der Waals surface area (Å²) < 4.78 is 1.96. The van der Waals surface area contributed by atoms with E-state index >= 15 is 0 Å². The highest BCUT2D eigenvalue weighted by Gasteiger charge is 2.22. The van der Waals surface area contributed by atoms with E-state index in [4.69, 9.17) is 11.6 Å².